The fourth-order valence-electron chi connectivity index (χ4n) is 4.10. The normalized spacial score (nSPS) is 23.3. The van der Waals surface area contributed by atoms with E-state index in [0.717, 1.165) is 10.8 Å². The van der Waals surface area contributed by atoms with Crippen LogP contribution < -0.4 is 5.32 Å². The zero-order valence-corrected chi connectivity index (χ0v) is 17.4. The number of sulfonamides is 1. The van der Waals surface area contributed by atoms with Gasteiger partial charge in [0.15, 0.2) is 0 Å². The monoisotopic (exact) mass is 415 g/mol. The van der Waals surface area contributed by atoms with Gasteiger partial charge in [-0.1, -0.05) is 44.2 Å². The first-order valence-corrected chi connectivity index (χ1v) is 11.3. The van der Waals surface area contributed by atoms with E-state index >= 15 is 0 Å². The second kappa shape index (κ2) is 7.42. The van der Waals surface area contributed by atoms with Gasteiger partial charge in [-0.2, -0.15) is 4.31 Å². The van der Waals surface area contributed by atoms with Crippen molar-refractivity contribution in [1.29, 1.82) is 0 Å². The van der Waals surface area contributed by atoms with E-state index in [9.17, 15) is 18.0 Å². The molecule has 2 aromatic rings. The van der Waals surface area contributed by atoms with Gasteiger partial charge >= 0.3 is 0 Å². The van der Waals surface area contributed by atoms with E-state index in [1.807, 2.05) is 38.1 Å². The molecule has 0 aromatic heterocycles. The molecule has 2 heterocycles. The third-order valence-corrected chi connectivity index (χ3v) is 7.47. The van der Waals surface area contributed by atoms with Crippen molar-refractivity contribution in [2.75, 3.05) is 19.6 Å². The quantitative estimate of drug-likeness (QED) is 0.822. The lowest BCUT2D eigenvalue weighted by Gasteiger charge is -2.45. The first-order chi connectivity index (χ1) is 13.8. The highest BCUT2D eigenvalue weighted by molar-refractivity contribution is 7.89. The number of amides is 2. The molecule has 2 fully saturated rings. The van der Waals surface area contributed by atoms with Gasteiger partial charge in [0.25, 0.3) is 0 Å². The Hall–Kier alpha value is -2.45. The summed E-state index contributed by atoms with van der Waals surface area (Å²) in [5.74, 6) is -0.130. The molecule has 2 saturated heterocycles. The topological polar surface area (TPSA) is 86.8 Å². The molecule has 154 valence electrons. The van der Waals surface area contributed by atoms with Crippen LogP contribution in [0.5, 0.6) is 0 Å². The molecule has 2 aromatic carbocycles. The fourth-order valence-corrected chi connectivity index (χ4v) is 5.58. The second-order valence-electron chi connectivity index (χ2n) is 8.11. The number of benzene rings is 2. The molecular formula is C21H25N3O4S. The van der Waals surface area contributed by atoms with Gasteiger partial charge in [0.2, 0.25) is 21.8 Å². The summed E-state index contributed by atoms with van der Waals surface area (Å²) in [6.07, 6.45) is 0.576. The highest BCUT2D eigenvalue weighted by Crippen LogP contribution is 2.26. The van der Waals surface area contributed by atoms with Gasteiger partial charge in [-0.25, -0.2) is 8.42 Å². The molecule has 0 bridgehead atoms. The van der Waals surface area contributed by atoms with Gasteiger partial charge in [0, 0.05) is 19.6 Å². The summed E-state index contributed by atoms with van der Waals surface area (Å²) in [5.41, 5.74) is 0. The Balaban J connectivity index is 1.57. The van der Waals surface area contributed by atoms with Crippen LogP contribution in [0.1, 0.15) is 20.3 Å². The second-order valence-corrected chi connectivity index (χ2v) is 10.0. The van der Waals surface area contributed by atoms with Crippen LogP contribution in [0.2, 0.25) is 0 Å². The highest BCUT2D eigenvalue weighted by atomic mass is 32.2. The number of hydrogen-bond donors (Lipinski definition) is 1. The predicted molar refractivity (Wildman–Crippen MR) is 110 cm³/mol. The molecule has 0 aliphatic carbocycles. The van der Waals surface area contributed by atoms with Crippen LogP contribution in [0.3, 0.4) is 0 Å². The molecule has 2 amide bonds. The number of carbonyl (C=O) groups is 2. The summed E-state index contributed by atoms with van der Waals surface area (Å²) in [7, 11) is -3.76. The van der Waals surface area contributed by atoms with Crippen molar-refractivity contribution in [2.24, 2.45) is 5.92 Å². The molecular weight excluding hydrogens is 390 g/mol. The maximum Gasteiger partial charge on any atom is 0.245 e. The summed E-state index contributed by atoms with van der Waals surface area (Å²) in [4.78, 5) is 27.1. The number of carbonyl (C=O) groups excluding carboxylic acids is 2. The minimum absolute atomic E-state index is 0.0267. The standard InChI is InChI=1S/C21H25N3O4S/c1-14(2)11-18-21(26)24-10-9-23(13-19(24)20(25)22-18)29(27,28)17-8-7-15-5-3-4-6-16(15)12-17/h3-8,12,14,18-19H,9-11,13H2,1-2H3,(H,22,25)/t18-,19+/m0/s1. The van der Waals surface area contributed by atoms with Crippen molar-refractivity contribution >= 4 is 32.6 Å². The molecule has 2 atom stereocenters. The summed E-state index contributed by atoms with van der Waals surface area (Å²) in [6.45, 7) is 4.37. The molecule has 2 aliphatic rings. The van der Waals surface area contributed by atoms with E-state index in [1.54, 1.807) is 18.2 Å². The summed E-state index contributed by atoms with van der Waals surface area (Å²) < 4.78 is 27.7. The van der Waals surface area contributed by atoms with Crippen molar-refractivity contribution in [3.63, 3.8) is 0 Å². The summed E-state index contributed by atoms with van der Waals surface area (Å²) in [6, 6.07) is 11.3. The van der Waals surface area contributed by atoms with Crippen molar-refractivity contribution in [3.8, 4) is 0 Å². The summed E-state index contributed by atoms with van der Waals surface area (Å²) >= 11 is 0. The van der Waals surface area contributed by atoms with Crippen LogP contribution >= 0.6 is 0 Å². The van der Waals surface area contributed by atoms with E-state index in [1.165, 1.54) is 9.21 Å². The van der Waals surface area contributed by atoms with Gasteiger partial charge in [-0.15, -0.1) is 0 Å². The number of hydrogen-bond acceptors (Lipinski definition) is 4. The molecule has 0 spiro atoms. The van der Waals surface area contributed by atoms with Crippen LogP contribution in [-0.2, 0) is 19.6 Å². The Kier molecular flexibility index (Phi) is 5.08. The Morgan fingerprint density at radius 2 is 1.79 bits per heavy atom. The highest BCUT2D eigenvalue weighted by Gasteiger charge is 2.45. The Bertz CT molecular complexity index is 1070. The Morgan fingerprint density at radius 3 is 2.52 bits per heavy atom. The SMILES string of the molecule is CC(C)C[C@@H]1NC(=O)[C@H]2CN(S(=O)(=O)c3ccc4ccccc4c3)CCN2C1=O. The van der Waals surface area contributed by atoms with Crippen molar-refractivity contribution < 1.29 is 18.0 Å². The van der Waals surface area contributed by atoms with Gasteiger partial charge in [-0.3, -0.25) is 9.59 Å². The third kappa shape index (κ3) is 3.62. The number of rotatable bonds is 4. The first kappa shape index (κ1) is 19.8. The molecule has 0 unspecified atom stereocenters. The average Bonchev–Trinajstić information content (AvgIpc) is 2.70. The van der Waals surface area contributed by atoms with Crippen molar-refractivity contribution in [3.05, 3.63) is 42.5 Å². The predicted octanol–water partition coefficient (Wildman–Crippen LogP) is 1.59. The molecule has 2 aliphatic heterocycles. The molecule has 8 heteroatoms. The van der Waals surface area contributed by atoms with E-state index < -0.39 is 22.1 Å². The van der Waals surface area contributed by atoms with Crippen molar-refractivity contribution in [2.45, 2.75) is 37.2 Å². The van der Waals surface area contributed by atoms with Crippen LogP contribution in [0.4, 0.5) is 0 Å². The van der Waals surface area contributed by atoms with E-state index in [-0.39, 0.29) is 42.3 Å². The van der Waals surface area contributed by atoms with Crippen LogP contribution in [0, 0.1) is 5.92 Å². The Labute approximate surface area is 170 Å². The van der Waals surface area contributed by atoms with Crippen molar-refractivity contribution in [1.82, 2.24) is 14.5 Å². The minimum atomic E-state index is -3.76. The number of nitrogens with one attached hydrogen (secondary N) is 1. The molecule has 7 nitrogen and oxygen atoms in total. The maximum atomic E-state index is 13.2. The molecule has 29 heavy (non-hydrogen) atoms. The zero-order chi connectivity index (χ0) is 20.8. The van der Waals surface area contributed by atoms with E-state index in [2.05, 4.69) is 5.32 Å². The first-order valence-electron chi connectivity index (χ1n) is 9.87. The lowest BCUT2D eigenvalue weighted by molar-refractivity contribution is -0.152. The maximum absolute atomic E-state index is 13.2. The largest absolute Gasteiger partial charge is 0.342 e. The lowest BCUT2D eigenvalue weighted by Crippen LogP contribution is -2.69. The number of nitrogens with zero attached hydrogens (tertiary/aromatic N) is 2. The third-order valence-electron chi connectivity index (χ3n) is 5.61. The minimum Gasteiger partial charge on any atom is -0.342 e. The lowest BCUT2D eigenvalue weighted by atomic mass is 9.97. The van der Waals surface area contributed by atoms with Gasteiger partial charge < -0.3 is 10.2 Å². The Morgan fingerprint density at radius 1 is 1.07 bits per heavy atom. The molecule has 4 rings (SSSR count). The smallest absolute Gasteiger partial charge is 0.245 e. The molecule has 1 N–H and O–H groups in total. The average molecular weight is 416 g/mol. The van der Waals surface area contributed by atoms with Crippen LogP contribution in [0.15, 0.2) is 47.4 Å². The van der Waals surface area contributed by atoms with Crippen LogP contribution in [-0.4, -0.2) is 61.2 Å². The van der Waals surface area contributed by atoms with Gasteiger partial charge in [-0.05, 0) is 35.2 Å². The van der Waals surface area contributed by atoms with Gasteiger partial charge in [0.05, 0.1) is 4.90 Å². The zero-order valence-electron chi connectivity index (χ0n) is 16.5. The number of fused-ring (bicyclic) bond motifs is 2. The summed E-state index contributed by atoms with van der Waals surface area (Å²) in [5, 5.41) is 4.59. The van der Waals surface area contributed by atoms with Crippen LogP contribution in [0.25, 0.3) is 10.8 Å². The molecule has 0 saturated carbocycles. The fraction of sp³-hybridized carbons (Fsp3) is 0.429. The van der Waals surface area contributed by atoms with E-state index in [4.69, 9.17) is 0 Å². The van der Waals surface area contributed by atoms with Gasteiger partial charge in [0.1, 0.15) is 12.1 Å². The number of piperazine rings is 2. The molecule has 0 radical (unpaired) electrons. The van der Waals surface area contributed by atoms with E-state index in [0.29, 0.717) is 6.42 Å².